The maximum absolute atomic E-state index is 13.6. The fraction of sp³-hybridized carbons (Fsp3) is 0.571. The molecule has 1 aromatic carbocycles. The van der Waals surface area contributed by atoms with E-state index >= 15 is 0 Å². The van der Waals surface area contributed by atoms with Crippen molar-refractivity contribution in [3.63, 3.8) is 0 Å². The molecule has 0 saturated carbocycles. The van der Waals surface area contributed by atoms with Gasteiger partial charge in [0.05, 0.1) is 4.90 Å². The van der Waals surface area contributed by atoms with Crippen LogP contribution < -0.4 is 5.32 Å². The Hall–Kier alpha value is -0.980. The van der Waals surface area contributed by atoms with Crippen molar-refractivity contribution < 1.29 is 12.8 Å². The van der Waals surface area contributed by atoms with Gasteiger partial charge in [0.15, 0.2) is 0 Å². The van der Waals surface area contributed by atoms with E-state index in [1.54, 1.807) is 0 Å². The molecule has 0 aromatic heterocycles. The van der Waals surface area contributed by atoms with Crippen molar-refractivity contribution in [2.24, 2.45) is 5.92 Å². The molecule has 1 fully saturated rings. The first kappa shape index (κ1) is 15.4. The van der Waals surface area contributed by atoms with Crippen molar-refractivity contribution in [2.45, 2.75) is 24.7 Å². The average molecular weight is 300 g/mol. The van der Waals surface area contributed by atoms with Gasteiger partial charge in [-0.1, -0.05) is 6.07 Å². The van der Waals surface area contributed by atoms with E-state index < -0.39 is 15.8 Å². The van der Waals surface area contributed by atoms with E-state index in [-0.39, 0.29) is 10.5 Å². The second-order valence-corrected chi connectivity index (χ2v) is 7.20. The van der Waals surface area contributed by atoms with Gasteiger partial charge in [0, 0.05) is 18.7 Å². The van der Waals surface area contributed by atoms with Crippen LogP contribution in [0.4, 0.5) is 4.39 Å². The molecule has 0 aliphatic carbocycles. The van der Waals surface area contributed by atoms with E-state index in [0.29, 0.717) is 19.0 Å². The molecule has 1 saturated heterocycles. The number of benzene rings is 1. The second-order valence-electron chi connectivity index (χ2n) is 5.29. The summed E-state index contributed by atoms with van der Waals surface area (Å²) in [7, 11) is -1.74. The third-order valence-corrected chi connectivity index (χ3v) is 5.82. The lowest BCUT2D eigenvalue weighted by molar-refractivity contribution is 0.263. The first-order valence-corrected chi connectivity index (χ1v) is 8.30. The summed E-state index contributed by atoms with van der Waals surface area (Å²) < 4.78 is 40.4. The third-order valence-electron chi connectivity index (χ3n) is 3.81. The predicted molar refractivity (Wildman–Crippen MR) is 76.5 cm³/mol. The minimum atomic E-state index is -3.60. The molecule has 1 N–H and O–H groups in total. The molecule has 0 spiro atoms. The van der Waals surface area contributed by atoms with Crippen LogP contribution in [-0.4, -0.2) is 39.4 Å². The van der Waals surface area contributed by atoms with Gasteiger partial charge in [-0.25, -0.2) is 12.8 Å². The van der Waals surface area contributed by atoms with E-state index in [2.05, 4.69) is 5.32 Å². The highest BCUT2D eigenvalue weighted by atomic mass is 32.2. The van der Waals surface area contributed by atoms with E-state index in [0.717, 1.165) is 19.4 Å². The fourth-order valence-corrected chi connectivity index (χ4v) is 4.50. The van der Waals surface area contributed by atoms with Crippen molar-refractivity contribution in [3.8, 4) is 0 Å². The first-order valence-electron chi connectivity index (χ1n) is 6.86. The van der Waals surface area contributed by atoms with Gasteiger partial charge in [0.2, 0.25) is 10.0 Å². The zero-order valence-electron chi connectivity index (χ0n) is 11.9. The number of nitrogens with zero attached hydrogens (tertiary/aromatic N) is 1. The maximum Gasteiger partial charge on any atom is 0.243 e. The number of hydrogen-bond acceptors (Lipinski definition) is 3. The Kier molecular flexibility index (Phi) is 4.78. The summed E-state index contributed by atoms with van der Waals surface area (Å²) in [6, 6.07) is 4.22. The van der Waals surface area contributed by atoms with Gasteiger partial charge in [0.25, 0.3) is 0 Å². The standard InChI is InChI=1S/C14H21FN2O2S/c1-11-13(15)6-3-7-14(11)20(18,19)17-8-4-5-12(10-17)9-16-2/h3,6-7,12,16H,4-5,8-10H2,1-2H3. The first-order chi connectivity index (χ1) is 9.46. The van der Waals surface area contributed by atoms with Gasteiger partial charge in [-0.05, 0) is 51.4 Å². The van der Waals surface area contributed by atoms with Crippen LogP contribution in [0.25, 0.3) is 0 Å². The smallest absolute Gasteiger partial charge is 0.243 e. The molecule has 1 atom stereocenters. The van der Waals surface area contributed by atoms with Crippen molar-refractivity contribution in [3.05, 3.63) is 29.6 Å². The van der Waals surface area contributed by atoms with Crippen molar-refractivity contribution in [2.75, 3.05) is 26.7 Å². The number of halogens is 1. The van der Waals surface area contributed by atoms with Crippen LogP contribution in [-0.2, 0) is 10.0 Å². The number of sulfonamides is 1. The maximum atomic E-state index is 13.6. The normalized spacial score (nSPS) is 21.1. The van der Waals surface area contributed by atoms with Crippen LogP contribution in [0, 0.1) is 18.7 Å². The Labute approximate surface area is 120 Å². The topological polar surface area (TPSA) is 49.4 Å². The van der Waals surface area contributed by atoms with Crippen molar-refractivity contribution in [1.82, 2.24) is 9.62 Å². The molecule has 112 valence electrons. The number of nitrogens with one attached hydrogen (secondary N) is 1. The molecule has 1 aromatic rings. The molecular weight excluding hydrogens is 279 g/mol. The summed E-state index contributed by atoms with van der Waals surface area (Å²) in [5.74, 6) is -0.160. The summed E-state index contributed by atoms with van der Waals surface area (Å²) >= 11 is 0. The van der Waals surface area contributed by atoms with E-state index in [1.807, 2.05) is 7.05 Å². The molecule has 1 aliphatic rings. The van der Waals surface area contributed by atoms with E-state index in [1.165, 1.54) is 29.4 Å². The zero-order valence-corrected chi connectivity index (χ0v) is 12.7. The van der Waals surface area contributed by atoms with Gasteiger partial charge < -0.3 is 5.32 Å². The molecule has 1 heterocycles. The second kappa shape index (κ2) is 6.20. The van der Waals surface area contributed by atoms with Crippen molar-refractivity contribution >= 4 is 10.0 Å². The van der Waals surface area contributed by atoms with Gasteiger partial charge >= 0.3 is 0 Å². The van der Waals surface area contributed by atoms with Crippen LogP contribution in [0.2, 0.25) is 0 Å². The van der Waals surface area contributed by atoms with Gasteiger partial charge in [-0.2, -0.15) is 4.31 Å². The molecule has 1 unspecified atom stereocenters. The molecule has 1 aliphatic heterocycles. The highest BCUT2D eigenvalue weighted by Gasteiger charge is 2.31. The minimum Gasteiger partial charge on any atom is -0.319 e. The van der Waals surface area contributed by atoms with Crippen LogP contribution in [0.15, 0.2) is 23.1 Å². The van der Waals surface area contributed by atoms with Gasteiger partial charge in [-0.15, -0.1) is 0 Å². The van der Waals surface area contributed by atoms with Crippen LogP contribution >= 0.6 is 0 Å². The highest BCUT2D eigenvalue weighted by molar-refractivity contribution is 7.89. The third kappa shape index (κ3) is 3.02. The quantitative estimate of drug-likeness (QED) is 0.922. The largest absolute Gasteiger partial charge is 0.319 e. The van der Waals surface area contributed by atoms with Crippen LogP contribution in [0.3, 0.4) is 0 Å². The van der Waals surface area contributed by atoms with E-state index in [9.17, 15) is 12.8 Å². The Morgan fingerprint density at radius 3 is 2.90 bits per heavy atom. The summed E-state index contributed by atoms with van der Waals surface area (Å²) in [5.41, 5.74) is 0.197. The molecule has 0 radical (unpaired) electrons. The molecule has 20 heavy (non-hydrogen) atoms. The monoisotopic (exact) mass is 300 g/mol. The number of rotatable bonds is 4. The summed E-state index contributed by atoms with van der Waals surface area (Å²) in [4.78, 5) is 0.0857. The van der Waals surface area contributed by atoms with Crippen molar-refractivity contribution in [1.29, 1.82) is 0 Å². The van der Waals surface area contributed by atoms with E-state index in [4.69, 9.17) is 0 Å². The Morgan fingerprint density at radius 2 is 2.20 bits per heavy atom. The lowest BCUT2D eigenvalue weighted by Gasteiger charge is -2.32. The highest BCUT2D eigenvalue weighted by Crippen LogP contribution is 2.26. The Morgan fingerprint density at radius 1 is 1.45 bits per heavy atom. The molecule has 6 heteroatoms. The predicted octanol–water partition coefficient (Wildman–Crippen LogP) is 1.75. The molecule has 4 nitrogen and oxygen atoms in total. The van der Waals surface area contributed by atoms with Gasteiger partial charge in [-0.3, -0.25) is 0 Å². The average Bonchev–Trinajstić information content (AvgIpc) is 2.42. The zero-order chi connectivity index (χ0) is 14.8. The van der Waals surface area contributed by atoms with Crippen LogP contribution in [0.5, 0.6) is 0 Å². The lowest BCUT2D eigenvalue weighted by Crippen LogP contribution is -2.42. The van der Waals surface area contributed by atoms with Gasteiger partial charge in [0.1, 0.15) is 5.82 Å². The Balaban J connectivity index is 2.28. The summed E-state index contributed by atoms with van der Waals surface area (Å²) in [5, 5.41) is 3.09. The summed E-state index contributed by atoms with van der Waals surface area (Å²) in [6.07, 6.45) is 1.87. The lowest BCUT2D eigenvalue weighted by atomic mass is 10.00. The summed E-state index contributed by atoms with van der Waals surface area (Å²) in [6.45, 7) is 3.32. The molecular formula is C14H21FN2O2S. The van der Waals surface area contributed by atoms with Crippen LogP contribution in [0.1, 0.15) is 18.4 Å². The molecule has 0 amide bonds. The molecule has 0 bridgehead atoms. The SMILES string of the molecule is CNCC1CCCN(S(=O)(=O)c2cccc(F)c2C)C1. The number of piperidine rings is 1. The molecule has 2 rings (SSSR count). The Bertz CT molecular complexity index is 573. The fourth-order valence-electron chi connectivity index (χ4n) is 2.71. The minimum absolute atomic E-state index is 0.0857. The number of hydrogen-bond donors (Lipinski definition) is 1.